The fourth-order valence-corrected chi connectivity index (χ4v) is 10.3. The molecule has 0 bridgehead atoms. The molecule has 0 amide bonds. The van der Waals surface area contributed by atoms with Crippen LogP contribution in [0.25, 0.3) is 24.3 Å². The summed E-state index contributed by atoms with van der Waals surface area (Å²) in [7, 11) is 0. The van der Waals surface area contributed by atoms with Crippen LogP contribution in [-0.4, -0.2) is 70.7 Å². The van der Waals surface area contributed by atoms with Crippen molar-refractivity contribution in [1.82, 2.24) is 0 Å². The van der Waals surface area contributed by atoms with Gasteiger partial charge in [0.15, 0.2) is 0 Å². The summed E-state index contributed by atoms with van der Waals surface area (Å²) in [5, 5.41) is 46.0. The lowest BCUT2D eigenvalue weighted by Crippen LogP contribution is -2.44. The normalized spacial score (nSPS) is 14.5. The number of esters is 4. The van der Waals surface area contributed by atoms with E-state index in [0.29, 0.717) is 66.8 Å². The van der Waals surface area contributed by atoms with Gasteiger partial charge in [-0.2, -0.15) is 0 Å². The van der Waals surface area contributed by atoms with E-state index < -0.39 is 99.0 Å². The topological polar surface area (TPSA) is 186 Å². The monoisotopic (exact) mass is 1220 g/mol. The maximum absolute atomic E-state index is 14.5. The first kappa shape index (κ1) is 74.4. The van der Waals surface area contributed by atoms with E-state index in [1.54, 1.807) is 52.0 Å². The lowest BCUT2D eigenvalue weighted by atomic mass is 9.78. The third-order valence-corrected chi connectivity index (χ3v) is 15.9. The minimum atomic E-state index is -1.75. The van der Waals surface area contributed by atoms with Gasteiger partial charge in [-0.15, -0.1) is 0 Å². The van der Waals surface area contributed by atoms with E-state index >= 15 is 0 Å². The fourth-order valence-electron chi connectivity index (χ4n) is 10.3. The summed E-state index contributed by atoms with van der Waals surface area (Å²) in [5.41, 5.74) is 3.46. The number of hydrogen-bond acceptors (Lipinski definition) is 12. The molecule has 0 atom stereocenters. The largest absolute Gasteiger partial charge is 0.507 e. The molecule has 0 aliphatic carbocycles. The van der Waals surface area contributed by atoms with Crippen molar-refractivity contribution >= 4 is 48.2 Å². The van der Waals surface area contributed by atoms with Crippen LogP contribution in [-0.2, 0) is 81.4 Å². The van der Waals surface area contributed by atoms with Crippen LogP contribution in [0.5, 0.6) is 23.0 Å². The summed E-state index contributed by atoms with van der Waals surface area (Å²) in [6, 6.07) is 14.7. The Morgan fingerprint density at radius 3 is 0.517 bits per heavy atom. The van der Waals surface area contributed by atoms with Gasteiger partial charge >= 0.3 is 23.9 Å². The Kier molecular flexibility index (Phi) is 22.4. The van der Waals surface area contributed by atoms with Crippen LogP contribution < -0.4 is 0 Å². The number of ether oxygens (including phenoxy) is 4. The van der Waals surface area contributed by atoms with Crippen molar-refractivity contribution in [3.8, 4) is 23.0 Å². The molecule has 0 saturated heterocycles. The molecule has 488 valence electrons. The number of carbonyl (C=O) groups excluding carboxylic acids is 4. The highest BCUT2D eigenvalue weighted by atomic mass is 16.6. The van der Waals surface area contributed by atoms with Gasteiger partial charge in [0.1, 0.15) is 54.8 Å². The molecule has 0 spiro atoms. The molecule has 4 rings (SSSR count). The summed E-state index contributed by atoms with van der Waals surface area (Å²) in [4.78, 5) is 58.0. The van der Waals surface area contributed by atoms with E-state index in [-0.39, 0.29) is 45.3 Å². The Morgan fingerprint density at radius 2 is 0.404 bits per heavy atom. The average molecular weight is 1230 g/mol. The van der Waals surface area contributed by atoms with Gasteiger partial charge in [0.2, 0.25) is 0 Å². The molecule has 12 nitrogen and oxygen atoms in total. The van der Waals surface area contributed by atoms with Gasteiger partial charge in [-0.1, -0.05) is 166 Å². The van der Waals surface area contributed by atoms with E-state index in [0.717, 1.165) is 0 Å². The van der Waals surface area contributed by atoms with Crippen molar-refractivity contribution in [2.24, 2.45) is 5.41 Å². The van der Waals surface area contributed by atoms with E-state index in [1.165, 1.54) is 0 Å². The van der Waals surface area contributed by atoms with Crippen molar-refractivity contribution in [3.05, 3.63) is 138 Å². The van der Waals surface area contributed by atoms with Crippen molar-refractivity contribution in [1.29, 1.82) is 0 Å². The van der Waals surface area contributed by atoms with Gasteiger partial charge in [-0.05, 0) is 166 Å². The first-order chi connectivity index (χ1) is 40.1. The molecule has 0 heterocycles. The maximum atomic E-state index is 14.5. The first-order valence-corrected chi connectivity index (χ1v) is 31.0. The fraction of sp³-hybridized carbons (Fsp3) is 0.532. The summed E-state index contributed by atoms with van der Waals surface area (Å²) < 4.78 is 24.7. The number of carbonyl (C=O) groups is 4. The number of phenols is 4. The lowest BCUT2D eigenvalue weighted by molar-refractivity contribution is -0.165. The van der Waals surface area contributed by atoms with E-state index in [2.05, 4.69) is 0 Å². The zero-order chi connectivity index (χ0) is 68.5. The Morgan fingerprint density at radius 1 is 0.281 bits per heavy atom. The second-order valence-corrected chi connectivity index (χ2v) is 33.0. The molecule has 0 fully saturated rings. The zero-order valence-corrected chi connectivity index (χ0v) is 59.3. The minimum Gasteiger partial charge on any atom is -0.507 e. The molecule has 0 unspecified atom stereocenters. The van der Waals surface area contributed by atoms with Crippen LogP contribution in [0.4, 0.5) is 0 Å². The maximum Gasteiger partial charge on any atom is 0.333 e. The molecule has 0 aliphatic heterocycles. The van der Waals surface area contributed by atoms with E-state index in [1.807, 2.05) is 215 Å². The van der Waals surface area contributed by atoms with Crippen molar-refractivity contribution in [3.63, 3.8) is 0 Å². The second-order valence-electron chi connectivity index (χ2n) is 33.0. The van der Waals surface area contributed by atoms with Crippen LogP contribution in [0, 0.1) is 5.41 Å². The molecule has 4 aromatic rings. The van der Waals surface area contributed by atoms with Gasteiger partial charge in [-0.3, -0.25) is 0 Å². The molecular formula is C77H108O12. The van der Waals surface area contributed by atoms with Gasteiger partial charge in [0.25, 0.3) is 0 Å². The highest BCUT2D eigenvalue weighted by molar-refractivity contribution is 5.95. The summed E-state index contributed by atoms with van der Waals surface area (Å²) in [6.45, 7) is 52.0. The molecule has 12 heteroatoms. The van der Waals surface area contributed by atoms with E-state index in [4.69, 9.17) is 18.9 Å². The van der Waals surface area contributed by atoms with Crippen LogP contribution in [0.3, 0.4) is 0 Å². The van der Waals surface area contributed by atoms with Crippen LogP contribution >= 0.6 is 0 Å². The Hall–Kier alpha value is -7.08. The minimum absolute atomic E-state index is 0.179. The Balaban J connectivity index is 1.97. The van der Waals surface area contributed by atoms with Crippen LogP contribution in [0.1, 0.15) is 261 Å². The van der Waals surface area contributed by atoms with Gasteiger partial charge in [0.05, 0.1) is 0 Å². The quantitative estimate of drug-likeness (QED) is 0.0473. The van der Waals surface area contributed by atoms with Gasteiger partial charge in [-0.25, -0.2) is 19.2 Å². The SMILES string of the molecule is CC(=Cc1cc(C(C)(C)C)c(O)c(C(C)(C)C)c1)C(=O)OCC(COC(=O)C(C)=Cc1cc(C(C)(C)C)c(O)c(C(C)(C)C)c1)(COC(=O)C(C)=Cc1cc(C(C)(C)C)c(O)c(C(C)(C)C)c1)COC(=O)C(C)=Cc1cc(C(C)(C)C)c(O)c(C(C)(C)C)c1. The molecule has 0 aromatic heterocycles. The van der Waals surface area contributed by atoms with Crippen LogP contribution in [0.2, 0.25) is 0 Å². The van der Waals surface area contributed by atoms with Crippen molar-refractivity contribution in [2.45, 2.75) is 237 Å². The predicted octanol–water partition coefficient (Wildman–Crippen LogP) is 17.8. The summed E-state index contributed by atoms with van der Waals surface area (Å²) >= 11 is 0. The lowest BCUT2D eigenvalue weighted by Gasteiger charge is -2.32. The molecule has 0 aliphatic rings. The highest BCUT2D eigenvalue weighted by Crippen LogP contribution is 2.45. The standard InChI is InChI=1S/C77H108O12/c1-45(29-49-33-53(69(5,6)7)61(78)54(34-49)70(8,9)10)65(82)86-41-77(42-87-66(83)46(2)30-50-35-55(71(11,12)13)62(79)56(36-50)72(14,15)16,43-88-67(84)47(3)31-51-37-57(73(17,18)19)63(80)58(38-51)74(20,21)22)44-89-68(85)48(4)32-52-39-59(75(23,24)25)64(81)60(40-52)76(26,27)28/h29-40,78-81H,41-44H2,1-28H3. The first-order valence-electron chi connectivity index (χ1n) is 31.0. The Bertz CT molecular complexity index is 2840. The predicted molar refractivity (Wildman–Crippen MR) is 363 cm³/mol. The average Bonchev–Trinajstić information content (AvgIpc) is 3.08. The second kappa shape index (κ2) is 26.8. The van der Waals surface area contributed by atoms with Crippen LogP contribution in [0.15, 0.2) is 70.8 Å². The number of hydrogen-bond donors (Lipinski definition) is 4. The molecular weight excluding hydrogens is 1120 g/mol. The van der Waals surface area contributed by atoms with Gasteiger partial charge < -0.3 is 39.4 Å². The number of phenolic OH excluding ortho intramolecular Hbond substituents is 4. The summed E-state index contributed by atoms with van der Waals surface area (Å²) in [5.74, 6) is -2.36. The molecule has 0 saturated carbocycles. The molecule has 4 aromatic carbocycles. The zero-order valence-electron chi connectivity index (χ0n) is 59.3. The third kappa shape index (κ3) is 19.5. The third-order valence-electron chi connectivity index (χ3n) is 15.9. The molecule has 89 heavy (non-hydrogen) atoms. The van der Waals surface area contributed by atoms with Crippen molar-refractivity contribution < 1.29 is 58.6 Å². The number of benzene rings is 4. The smallest absolute Gasteiger partial charge is 0.333 e. The number of aromatic hydroxyl groups is 4. The highest BCUT2D eigenvalue weighted by Gasteiger charge is 2.40. The molecule has 4 N–H and O–H groups in total. The number of rotatable bonds is 16. The summed E-state index contributed by atoms with van der Waals surface area (Å²) in [6.07, 6.45) is 6.68. The van der Waals surface area contributed by atoms with Gasteiger partial charge in [0, 0.05) is 66.8 Å². The van der Waals surface area contributed by atoms with E-state index in [9.17, 15) is 39.6 Å². The molecule has 0 radical (unpaired) electrons. The Labute approximate surface area is 533 Å². The van der Waals surface area contributed by atoms with Crippen molar-refractivity contribution in [2.75, 3.05) is 26.4 Å².